The normalized spacial score (nSPS) is 11.9. The smallest absolute Gasteiger partial charge is 0.228 e. The van der Waals surface area contributed by atoms with E-state index >= 15 is 0 Å². The molecule has 1 aromatic heterocycles. The Morgan fingerprint density at radius 1 is 1.00 bits per heavy atom. The zero-order valence-corrected chi connectivity index (χ0v) is 21.5. The van der Waals surface area contributed by atoms with Gasteiger partial charge in [-0.2, -0.15) is 0 Å². The third kappa shape index (κ3) is 7.22. The average molecular weight is 501 g/mol. The molecule has 1 amide bonds. The zero-order valence-electron chi connectivity index (χ0n) is 20.7. The van der Waals surface area contributed by atoms with Gasteiger partial charge in [0.25, 0.3) is 0 Å². The number of hydrogen-bond donors (Lipinski definition) is 0. The number of aromatic nitrogens is 2. The second-order valence-corrected chi connectivity index (χ2v) is 11.1. The van der Waals surface area contributed by atoms with Gasteiger partial charge in [0.1, 0.15) is 5.82 Å². The molecule has 35 heavy (non-hydrogen) atoms. The molecule has 0 bridgehead atoms. The van der Waals surface area contributed by atoms with Gasteiger partial charge in [-0.3, -0.25) is 4.79 Å². The fourth-order valence-corrected chi connectivity index (χ4v) is 5.21. The number of carbonyl (C=O) groups is 1. The summed E-state index contributed by atoms with van der Waals surface area (Å²) >= 11 is 0. The molecule has 1 heterocycles. The van der Waals surface area contributed by atoms with Crippen molar-refractivity contribution in [1.29, 1.82) is 0 Å². The van der Waals surface area contributed by atoms with Crippen LogP contribution in [0.15, 0.2) is 66.0 Å². The Morgan fingerprint density at radius 3 is 2.26 bits per heavy atom. The van der Waals surface area contributed by atoms with Crippen LogP contribution in [-0.2, 0) is 33.5 Å². The first-order valence-corrected chi connectivity index (χ1v) is 13.2. The Hall–Kier alpha value is -3.04. The maximum absolute atomic E-state index is 13.4. The lowest BCUT2D eigenvalue weighted by Gasteiger charge is -2.26. The van der Waals surface area contributed by atoms with Crippen LogP contribution in [0.3, 0.4) is 0 Å². The molecule has 3 aromatic rings. The summed E-state index contributed by atoms with van der Waals surface area (Å²) in [6.07, 6.45) is 1.54. The molecular weight excluding hydrogens is 467 g/mol. The molecule has 3 rings (SSSR count). The van der Waals surface area contributed by atoms with Crippen molar-refractivity contribution in [3.63, 3.8) is 0 Å². The number of hydrogen-bond acceptors (Lipinski definition) is 5. The molecule has 0 saturated heterocycles. The highest BCUT2D eigenvalue weighted by molar-refractivity contribution is 7.90. The van der Waals surface area contributed by atoms with Gasteiger partial charge in [0.2, 0.25) is 20.9 Å². The highest BCUT2D eigenvalue weighted by Crippen LogP contribution is 2.21. The topological polar surface area (TPSA) is 75.5 Å². The van der Waals surface area contributed by atoms with Crippen LogP contribution in [0.5, 0.6) is 0 Å². The monoisotopic (exact) mass is 500 g/mol. The number of sulfone groups is 1. The van der Waals surface area contributed by atoms with Gasteiger partial charge in [-0.15, -0.1) is 0 Å². The summed E-state index contributed by atoms with van der Waals surface area (Å²) in [5.74, 6) is -0.917. The van der Waals surface area contributed by atoms with Crippen molar-refractivity contribution in [3.8, 4) is 0 Å². The second-order valence-electron chi connectivity index (χ2n) is 9.21. The predicted octanol–water partition coefficient (Wildman–Crippen LogP) is 3.59. The number of carbonyl (C=O) groups excluding carboxylic acids is 1. The SMILES string of the molecule is CC(C)C(=O)N(CCN(C)C)Cc1cnc(S(=O)(=O)Cc2ccc(F)cc2)n1Cc1ccccc1. The van der Waals surface area contributed by atoms with E-state index in [-0.39, 0.29) is 29.3 Å². The third-order valence-corrected chi connectivity index (χ3v) is 7.20. The van der Waals surface area contributed by atoms with Crippen molar-refractivity contribution in [3.05, 3.63) is 83.4 Å². The van der Waals surface area contributed by atoms with Crippen molar-refractivity contribution in [2.24, 2.45) is 5.92 Å². The Morgan fingerprint density at radius 2 is 1.66 bits per heavy atom. The largest absolute Gasteiger partial charge is 0.335 e. The lowest BCUT2D eigenvalue weighted by Crippen LogP contribution is -2.39. The quantitative estimate of drug-likeness (QED) is 0.402. The summed E-state index contributed by atoms with van der Waals surface area (Å²) in [7, 11) is 0.0481. The lowest BCUT2D eigenvalue weighted by molar-refractivity contribution is -0.135. The highest BCUT2D eigenvalue weighted by atomic mass is 32.2. The minimum atomic E-state index is -3.84. The molecular formula is C26H33FN4O3S. The molecule has 0 atom stereocenters. The van der Waals surface area contributed by atoms with Crippen LogP contribution in [0.2, 0.25) is 0 Å². The van der Waals surface area contributed by atoms with E-state index in [9.17, 15) is 17.6 Å². The van der Waals surface area contributed by atoms with Crippen LogP contribution in [0.1, 0.15) is 30.7 Å². The van der Waals surface area contributed by atoms with Crippen LogP contribution in [0.25, 0.3) is 0 Å². The van der Waals surface area contributed by atoms with E-state index in [1.807, 2.05) is 63.2 Å². The molecule has 0 fully saturated rings. The summed E-state index contributed by atoms with van der Waals surface area (Å²) in [4.78, 5) is 21.0. The average Bonchev–Trinajstić information content (AvgIpc) is 3.21. The minimum absolute atomic E-state index is 0.00460. The number of nitrogens with zero attached hydrogens (tertiary/aromatic N) is 4. The Bertz CT molecular complexity index is 1220. The highest BCUT2D eigenvalue weighted by Gasteiger charge is 2.26. The number of benzene rings is 2. The van der Waals surface area contributed by atoms with Gasteiger partial charge >= 0.3 is 0 Å². The molecule has 9 heteroatoms. The minimum Gasteiger partial charge on any atom is -0.335 e. The summed E-state index contributed by atoms with van der Waals surface area (Å²) in [6, 6.07) is 14.9. The van der Waals surface area contributed by atoms with Crippen molar-refractivity contribution < 1.29 is 17.6 Å². The van der Waals surface area contributed by atoms with Crippen LogP contribution in [-0.4, -0.2) is 60.9 Å². The van der Waals surface area contributed by atoms with E-state index in [1.54, 1.807) is 9.47 Å². The van der Waals surface area contributed by atoms with Crippen LogP contribution in [0.4, 0.5) is 4.39 Å². The van der Waals surface area contributed by atoms with Gasteiger partial charge in [0.05, 0.1) is 30.7 Å². The molecule has 0 spiro atoms. The fourth-order valence-electron chi connectivity index (χ4n) is 3.71. The first-order chi connectivity index (χ1) is 16.6. The van der Waals surface area contributed by atoms with Gasteiger partial charge in [0.15, 0.2) is 0 Å². The lowest BCUT2D eigenvalue weighted by atomic mass is 10.2. The molecule has 0 aliphatic heterocycles. The van der Waals surface area contributed by atoms with Gasteiger partial charge in [-0.25, -0.2) is 17.8 Å². The molecule has 0 saturated carbocycles. The van der Waals surface area contributed by atoms with E-state index in [2.05, 4.69) is 4.98 Å². The van der Waals surface area contributed by atoms with Crippen LogP contribution < -0.4 is 0 Å². The number of rotatable bonds is 11. The molecule has 0 N–H and O–H groups in total. The van der Waals surface area contributed by atoms with Crippen molar-refractivity contribution in [2.75, 3.05) is 27.2 Å². The molecule has 0 radical (unpaired) electrons. The van der Waals surface area contributed by atoms with Crippen molar-refractivity contribution in [2.45, 2.75) is 37.8 Å². The predicted molar refractivity (Wildman–Crippen MR) is 134 cm³/mol. The maximum atomic E-state index is 13.4. The summed E-state index contributed by atoms with van der Waals surface area (Å²) in [6.45, 7) is 5.44. The summed E-state index contributed by atoms with van der Waals surface area (Å²) in [5.41, 5.74) is 2.03. The number of halogens is 1. The van der Waals surface area contributed by atoms with E-state index in [1.165, 1.54) is 30.5 Å². The van der Waals surface area contributed by atoms with E-state index in [4.69, 9.17) is 0 Å². The van der Waals surface area contributed by atoms with E-state index in [0.717, 1.165) is 5.56 Å². The zero-order chi connectivity index (χ0) is 25.6. The van der Waals surface area contributed by atoms with E-state index < -0.39 is 15.7 Å². The molecule has 2 aromatic carbocycles. The Kier molecular flexibility index (Phi) is 8.80. The van der Waals surface area contributed by atoms with Crippen LogP contribution in [0, 0.1) is 11.7 Å². The maximum Gasteiger partial charge on any atom is 0.228 e. The van der Waals surface area contributed by atoms with Crippen molar-refractivity contribution >= 4 is 15.7 Å². The fraction of sp³-hybridized carbons (Fsp3) is 0.385. The first kappa shape index (κ1) is 26.6. The first-order valence-electron chi connectivity index (χ1n) is 11.6. The number of amides is 1. The molecule has 188 valence electrons. The van der Waals surface area contributed by atoms with E-state index in [0.29, 0.717) is 30.9 Å². The standard InChI is InChI=1S/C26H33FN4O3S/c1-20(2)25(32)30(15-14-29(3)4)18-24-16-28-26(31(24)17-21-8-6-5-7-9-21)35(33,34)19-22-10-12-23(27)13-11-22/h5-13,16,20H,14-15,17-19H2,1-4H3. The number of imidazole rings is 1. The Balaban J connectivity index is 1.99. The Labute approximate surface area is 207 Å². The molecule has 7 nitrogen and oxygen atoms in total. The molecule has 0 unspecified atom stereocenters. The van der Waals surface area contributed by atoms with Crippen LogP contribution >= 0.6 is 0 Å². The molecule has 0 aliphatic rings. The summed E-state index contributed by atoms with van der Waals surface area (Å²) < 4.78 is 41.8. The summed E-state index contributed by atoms with van der Waals surface area (Å²) in [5, 5.41) is -0.0646. The number of likely N-dealkylation sites (N-methyl/N-ethyl adjacent to an activating group) is 1. The van der Waals surface area contributed by atoms with Crippen molar-refractivity contribution in [1.82, 2.24) is 19.4 Å². The van der Waals surface area contributed by atoms with Gasteiger partial charge in [0, 0.05) is 19.0 Å². The van der Waals surface area contributed by atoms with Gasteiger partial charge < -0.3 is 14.4 Å². The third-order valence-electron chi connectivity index (χ3n) is 5.61. The van der Waals surface area contributed by atoms with Gasteiger partial charge in [-0.05, 0) is 37.4 Å². The second kappa shape index (κ2) is 11.6. The molecule has 0 aliphatic carbocycles. The van der Waals surface area contributed by atoms with Gasteiger partial charge in [-0.1, -0.05) is 56.3 Å².